The molecule has 3 heteroatoms. The number of fused-ring (bicyclic) bond motifs is 8. The van der Waals surface area contributed by atoms with Gasteiger partial charge in [-0.1, -0.05) is 139 Å². The minimum Gasteiger partial charge on any atom is -0.455 e. The third kappa shape index (κ3) is 5.20. The number of rotatable bonds is 6. The average Bonchev–Trinajstić information content (AvgIpc) is 3.91. The second-order valence-electron chi connectivity index (χ2n) is 13.3. The topological polar surface area (TPSA) is 29.5 Å². The zero-order valence-electron chi connectivity index (χ0n) is 39.0. The van der Waals surface area contributed by atoms with E-state index in [1.807, 2.05) is 140 Å². The van der Waals surface area contributed by atoms with Crippen LogP contribution in [0.15, 0.2) is 209 Å². The molecule has 0 amide bonds. The SMILES string of the molecule is [2H]c1c([2H])c([2H])c(-c2cc3c4ccc(-c5ccc(N(c6ccc(-c7cccc8c7oc7ccccc78)cc6)c6c([2H])c([2H])c([2H])c([2H])c6[2H])cc5)cc4oc3c3ccccc23)c([2H])c1[2H]. The predicted molar refractivity (Wildman–Crippen MR) is 229 cm³/mol. The maximum atomic E-state index is 8.96. The molecule has 0 radical (unpaired) electrons. The number of benzene rings is 9. The van der Waals surface area contributed by atoms with E-state index in [1.165, 1.54) is 0 Å². The number of hydrogen-bond donors (Lipinski definition) is 0. The van der Waals surface area contributed by atoms with E-state index >= 15 is 0 Å². The van der Waals surface area contributed by atoms with Gasteiger partial charge in [-0.3, -0.25) is 0 Å². The van der Waals surface area contributed by atoms with Crippen LogP contribution < -0.4 is 4.90 Å². The van der Waals surface area contributed by atoms with Crippen molar-refractivity contribution >= 4 is 71.7 Å². The first-order chi connectivity index (χ1) is 31.4. The lowest BCUT2D eigenvalue weighted by atomic mass is 9.95. The van der Waals surface area contributed by atoms with Gasteiger partial charge < -0.3 is 13.7 Å². The van der Waals surface area contributed by atoms with Gasteiger partial charge in [-0.15, -0.1) is 0 Å². The zero-order valence-corrected chi connectivity index (χ0v) is 29.0. The standard InChI is InChI=1S/C52H33NO2/c1-3-12-35(13-4-1)47-33-48-44-31-26-37(32-50(44)55-52(48)45-18-8-7-16-42(45)47)34-22-27-39(28-23-34)53(38-14-5-2-6-15-38)40-29-24-36(25-30-40)41-19-11-20-46-43-17-9-10-21-49(43)54-51(41)46/h1-33H/i1D,2D,3D,4D,5D,6D,12D,13D,14D,15D. The summed E-state index contributed by atoms with van der Waals surface area (Å²) in [6.45, 7) is 0. The van der Waals surface area contributed by atoms with Crippen molar-refractivity contribution in [3.05, 3.63) is 200 Å². The Labute approximate surface area is 332 Å². The third-order valence-corrected chi connectivity index (χ3v) is 10.3. The Kier molecular flexibility index (Phi) is 5.21. The summed E-state index contributed by atoms with van der Waals surface area (Å²) in [7, 11) is 0. The smallest absolute Gasteiger partial charge is 0.143 e. The van der Waals surface area contributed by atoms with E-state index in [4.69, 9.17) is 22.5 Å². The maximum absolute atomic E-state index is 8.96. The van der Waals surface area contributed by atoms with Crippen molar-refractivity contribution in [3.63, 3.8) is 0 Å². The van der Waals surface area contributed by atoms with Crippen LogP contribution in [0.1, 0.15) is 13.7 Å². The Bertz CT molecular complexity index is 3730. The summed E-state index contributed by atoms with van der Waals surface area (Å²) in [4.78, 5) is 1.68. The summed E-state index contributed by atoms with van der Waals surface area (Å²) in [5.41, 5.74) is 7.96. The highest BCUT2D eigenvalue weighted by Crippen LogP contribution is 2.42. The molecule has 11 rings (SSSR count). The number of anilines is 3. The second kappa shape index (κ2) is 12.6. The van der Waals surface area contributed by atoms with Crippen molar-refractivity contribution in [2.75, 3.05) is 4.90 Å². The van der Waals surface area contributed by atoms with Gasteiger partial charge in [0.2, 0.25) is 0 Å². The van der Waals surface area contributed by atoms with E-state index < -0.39 is 36.3 Å². The Balaban J connectivity index is 1.01. The van der Waals surface area contributed by atoms with Crippen molar-refractivity contribution in [2.45, 2.75) is 0 Å². The highest BCUT2D eigenvalue weighted by Gasteiger charge is 2.18. The van der Waals surface area contributed by atoms with Crippen molar-refractivity contribution in [1.29, 1.82) is 0 Å². The molecule has 0 atom stereocenters. The Morgan fingerprint density at radius 1 is 0.345 bits per heavy atom. The van der Waals surface area contributed by atoms with Crippen LogP contribution in [0.4, 0.5) is 17.1 Å². The molecule has 0 fully saturated rings. The molecular formula is C52H33NO2. The fourth-order valence-electron chi connectivity index (χ4n) is 7.70. The molecule has 0 aliphatic carbocycles. The van der Waals surface area contributed by atoms with E-state index in [-0.39, 0.29) is 35.4 Å². The van der Waals surface area contributed by atoms with Gasteiger partial charge in [0.1, 0.15) is 22.3 Å². The molecule has 0 spiro atoms. The molecule has 0 bridgehead atoms. The van der Waals surface area contributed by atoms with Gasteiger partial charge in [-0.25, -0.2) is 0 Å². The summed E-state index contributed by atoms with van der Waals surface area (Å²) in [6, 6.07) is 40.3. The van der Waals surface area contributed by atoms with Gasteiger partial charge in [-0.2, -0.15) is 0 Å². The molecule has 0 saturated carbocycles. The molecule has 2 heterocycles. The second-order valence-corrected chi connectivity index (χ2v) is 13.3. The summed E-state index contributed by atoms with van der Waals surface area (Å²) in [5, 5.41) is 4.96. The lowest BCUT2D eigenvalue weighted by Gasteiger charge is -2.26. The molecule has 11 aromatic rings. The van der Waals surface area contributed by atoms with E-state index in [9.17, 15) is 0 Å². The van der Waals surface area contributed by atoms with Gasteiger partial charge in [0.05, 0.1) is 13.7 Å². The van der Waals surface area contributed by atoms with Crippen molar-refractivity contribution < 1.29 is 22.5 Å². The average molecular weight is 714 g/mol. The molecule has 3 nitrogen and oxygen atoms in total. The summed E-state index contributed by atoms with van der Waals surface area (Å²) in [6.07, 6.45) is 0. The molecule has 2 aromatic heterocycles. The third-order valence-electron chi connectivity index (χ3n) is 10.3. The van der Waals surface area contributed by atoms with E-state index in [2.05, 4.69) is 0 Å². The molecule has 55 heavy (non-hydrogen) atoms. The first-order valence-corrected chi connectivity index (χ1v) is 17.8. The highest BCUT2D eigenvalue weighted by atomic mass is 16.3. The number of nitrogens with zero attached hydrogens (tertiary/aromatic N) is 1. The lowest BCUT2D eigenvalue weighted by Crippen LogP contribution is -2.09. The predicted octanol–water partition coefficient (Wildman–Crippen LogP) is 15.1. The Morgan fingerprint density at radius 3 is 1.69 bits per heavy atom. The highest BCUT2D eigenvalue weighted by molar-refractivity contribution is 6.19. The van der Waals surface area contributed by atoms with Crippen molar-refractivity contribution in [3.8, 4) is 33.4 Å². The van der Waals surface area contributed by atoms with Crippen LogP contribution >= 0.6 is 0 Å². The molecule has 258 valence electrons. The first kappa shape index (κ1) is 22.7. The molecule has 0 unspecified atom stereocenters. The van der Waals surface area contributed by atoms with Gasteiger partial charge in [0.15, 0.2) is 0 Å². The van der Waals surface area contributed by atoms with Crippen LogP contribution in [-0.4, -0.2) is 0 Å². The van der Waals surface area contributed by atoms with Crippen molar-refractivity contribution in [1.82, 2.24) is 0 Å². The Hall–Kier alpha value is -7.36. The lowest BCUT2D eigenvalue weighted by molar-refractivity contribution is 0.670. The van der Waals surface area contributed by atoms with Gasteiger partial charge in [0.25, 0.3) is 0 Å². The van der Waals surface area contributed by atoms with E-state index in [0.717, 1.165) is 60.4 Å². The van der Waals surface area contributed by atoms with Gasteiger partial charge in [0, 0.05) is 49.6 Å². The monoisotopic (exact) mass is 713 g/mol. The Morgan fingerprint density at radius 2 is 0.927 bits per heavy atom. The minimum absolute atomic E-state index is 0.00906. The van der Waals surface area contributed by atoms with Crippen LogP contribution in [0.25, 0.3) is 88.0 Å². The molecule has 0 aliphatic heterocycles. The van der Waals surface area contributed by atoms with Crippen LogP contribution in [0.3, 0.4) is 0 Å². The van der Waals surface area contributed by atoms with Crippen molar-refractivity contribution in [2.24, 2.45) is 0 Å². The molecule has 9 aromatic carbocycles. The molecular weight excluding hydrogens is 671 g/mol. The molecule has 0 N–H and O–H groups in total. The molecule has 0 aliphatic rings. The van der Waals surface area contributed by atoms with E-state index in [1.54, 1.807) is 4.90 Å². The van der Waals surface area contributed by atoms with Crippen LogP contribution in [0.5, 0.6) is 0 Å². The fourth-order valence-corrected chi connectivity index (χ4v) is 7.70. The number of para-hydroxylation sites is 3. The van der Waals surface area contributed by atoms with Crippen LogP contribution in [0.2, 0.25) is 0 Å². The fraction of sp³-hybridized carbons (Fsp3) is 0. The summed E-state index contributed by atoms with van der Waals surface area (Å²) >= 11 is 0. The largest absolute Gasteiger partial charge is 0.455 e. The van der Waals surface area contributed by atoms with E-state index in [0.29, 0.717) is 33.5 Å². The maximum Gasteiger partial charge on any atom is 0.143 e. The quantitative estimate of drug-likeness (QED) is 0.172. The van der Waals surface area contributed by atoms with Crippen LogP contribution in [-0.2, 0) is 0 Å². The number of furan rings is 2. The molecule has 0 saturated heterocycles. The zero-order chi connectivity index (χ0) is 45.0. The number of hydrogen-bond acceptors (Lipinski definition) is 3. The normalized spacial score (nSPS) is 14.2. The first-order valence-electron chi connectivity index (χ1n) is 22.8. The summed E-state index contributed by atoms with van der Waals surface area (Å²) < 4.78 is 98.4. The van der Waals surface area contributed by atoms with Gasteiger partial charge >= 0.3 is 0 Å². The minimum atomic E-state index is -0.479. The van der Waals surface area contributed by atoms with Crippen LogP contribution in [0, 0.1) is 0 Å². The summed E-state index contributed by atoms with van der Waals surface area (Å²) in [5.74, 6) is 0. The van der Waals surface area contributed by atoms with Gasteiger partial charge in [-0.05, 0) is 93.8 Å².